The van der Waals surface area contributed by atoms with Crippen molar-refractivity contribution in [2.24, 2.45) is 0 Å². The van der Waals surface area contributed by atoms with E-state index in [0.717, 1.165) is 5.56 Å². The zero-order valence-electron chi connectivity index (χ0n) is 11.2. The van der Waals surface area contributed by atoms with Crippen LogP contribution in [0.25, 0.3) is 0 Å². The molecule has 1 aliphatic rings. The molecule has 3 rings (SSSR count). The van der Waals surface area contributed by atoms with Gasteiger partial charge in [0, 0.05) is 6.54 Å². The van der Waals surface area contributed by atoms with Crippen LogP contribution in [0.2, 0.25) is 0 Å². The molecule has 0 atom stereocenters. The summed E-state index contributed by atoms with van der Waals surface area (Å²) in [4.78, 5) is 14.2. The first-order chi connectivity index (χ1) is 10.2. The van der Waals surface area contributed by atoms with E-state index in [-0.39, 0.29) is 11.7 Å². The van der Waals surface area contributed by atoms with Crippen molar-refractivity contribution in [1.29, 1.82) is 0 Å². The van der Waals surface area contributed by atoms with Gasteiger partial charge in [-0.2, -0.15) is 0 Å². The summed E-state index contributed by atoms with van der Waals surface area (Å²) in [6.45, 7) is 1.24. The van der Waals surface area contributed by atoms with Crippen molar-refractivity contribution in [3.8, 4) is 5.75 Å². The number of rotatable bonds is 2. The molecule has 1 aliphatic heterocycles. The fraction of sp³-hybridized carbons (Fsp3) is 0.188. The third-order valence-electron chi connectivity index (χ3n) is 3.42. The van der Waals surface area contributed by atoms with Gasteiger partial charge in [-0.05, 0) is 39.7 Å². The number of fused-ring (bicyclic) bond motifs is 1. The standard InChI is InChI=1S/C16H13BrFNO2/c17-15-11(4-3-6-13(15)18)10-19-8-9-21-14-7-2-1-5-12(14)16(19)20/h1-7H,8-10H2. The molecule has 0 bridgehead atoms. The second-order valence-electron chi connectivity index (χ2n) is 4.78. The average Bonchev–Trinajstić information content (AvgIpc) is 2.65. The Hall–Kier alpha value is -1.88. The molecule has 108 valence electrons. The highest BCUT2D eigenvalue weighted by molar-refractivity contribution is 9.10. The topological polar surface area (TPSA) is 29.5 Å². The lowest BCUT2D eigenvalue weighted by Crippen LogP contribution is -2.32. The molecule has 1 heterocycles. The van der Waals surface area contributed by atoms with E-state index in [0.29, 0.717) is 35.5 Å². The van der Waals surface area contributed by atoms with Gasteiger partial charge in [0.15, 0.2) is 0 Å². The molecule has 0 spiro atoms. The summed E-state index contributed by atoms with van der Waals surface area (Å²) in [6.07, 6.45) is 0. The molecule has 0 aromatic heterocycles. The number of nitrogens with zero attached hydrogens (tertiary/aromatic N) is 1. The lowest BCUT2D eigenvalue weighted by atomic mass is 10.1. The van der Waals surface area contributed by atoms with Gasteiger partial charge in [-0.1, -0.05) is 24.3 Å². The van der Waals surface area contributed by atoms with Crippen LogP contribution in [0.3, 0.4) is 0 Å². The van der Waals surface area contributed by atoms with Gasteiger partial charge in [-0.25, -0.2) is 4.39 Å². The van der Waals surface area contributed by atoms with Crippen LogP contribution >= 0.6 is 15.9 Å². The summed E-state index contributed by atoms with van der Waals surface area (Å²) in [5, 5.41) is 0. The maximum absolute atomic E-state index is 13.6. The minimum Gasteiger partial charge on any atom is -0.491 e. The zero-order valence-corrected chi connectivity index (χ0v) is 12.8. The molecule has 0 saturated carbocycles. The van der Waals surface area contributed by atoms with E-state index in [9.17, 15) is 9.18 Å². The number of hydrogen-bond acceptors (Lipinski definition) is 2. The maximum Gasteiger partial charge on any atom is 0.258 e. The molecule has 0 radical (unpaired) electrons. The Kier molecular flexibility index (Phi) is 3.92. The number of ether oxygens (including phenoxy) is 1. The van der Waals surface area contributed by atoms with Gasteiger partial charge in [-0.15, -0.1) is 0 Å². The maximum atomic E-state index is 13.6. The van der Waals surface area contributed by atoms with E-state index in [1.165, 1.54) is 6.07 Å². The SMILES string of the molecule is O=C1c2ccccc2OCCN1Cc1cccc(F)c1Br. The van der Waals surface area contributed by atoms with Crippen LogP contribution in [-0.4, -0.2) is 24.0 Å². The van der Waals surface area contributed by atoms with E-state index in [1.54, 1.807) is 29.2 Å². The number of para-hydroxylation sites is 1. The van der Waals surface area contributed by atoms with Crippen LogP contribution in [-0.2, 0) is 6.54 Å². The van der Waals surface area contributed by atoms with Crippen molar-refractivity contribution in [1.82, 2.24) is 4.90 Å². The number of carbonyl (C=O) groups is 1. The van der Waals surface area contributed by atoms with Crippen molar-refractivity contribution in [2.45, 2.75) is 6.54 Å². The van der Waals surface area contributed by atoms with E-state index < -0.39 is 0 Å². The Morgan fingerprint density at radius 1 is 1.19 bits per heavy atom. The predicted molar refractivity (Wildman–Crippen MR) is 80.8 cm³/mol. The molecule has 0 unspecified atom stereocenters. The summed E-state index contributed by atoms with van der Waals surface area (Å²) < 4.78 is 19.6. The van der Waals surface area contributed by atoms with E-state index in [4.69, 9.17) is 4.74 Å². The van der Waals surface area contributed by atoms with Gasteiger partial charge in [0.1, 0.15) is 18.2 Å². The van der Waals surface area contributed by atoms with Gasteiger partial charge in [0.05, 0.1) is 16.6 Å². The van der Waals surface area contributed by atoms with Crippen LogP contribution in [0.1, 0.15) is 15.9 Å². The predicted octanol–water partition coefficient (Wildman–Crippen LogP) is 3.62. The quantitative estimate of drug-likeness (QED) is 0.828. The average molecular weight is 350 g/mol. The van der Waals surface area contributed by atoms with Crippen molar-refractivity contribution >= 4 is 21.8 Å². The second kappa shape index (κ2) is 5.85. The molecule has 21 heavy (non-hydrogen) atoms. The van der Waals surface area contributed by atoms with Crippen LogP contribution in [0.15, 0.2) is 46.9 Å². The molecule has 5 heteroatoms. The molecule has 0 aliphatic carbocycles. The van der Waals surface area contributed by atoms with Crippen molar-refractivity contribution in [3.05, 3.63) is 63.9 Å². The molecule has 1 amide bonds. The van der Waals surface area contributed by atoms with Gasteiger partial charge >= 0.3 is 0 Å². The Balaban J connectivity index is 1.90. The number of hydrogen-bond donors (Lipinski definition) is 0. The monoisotopic (exact) mass is 349 g/mol. The Morgan fingerprint density at radius 2 is 2.00 bits per heavy atom. The summed E-state index contributed by atoms with van der Waals surface area (Å²) in [6, 6.07) is 12.0. The first-order valence-electron chi connectivity index (χ1n) is 6.61. The van der Waals surface area contributed by atoms with E-state index in [2.05, 4.69) is 15.9 Å². The van der Waals surface area contributed by atoms with Crippen molar-refractivity contribution < 1.29 is 13.9 Å². The van der Waals surface area contributed by atoms with Crippen LogP contribution in [0, 0.1) is 5.82 Å². The minimum atomic E-state index is -0.327. The smallest absolute Gasteiger partial charge is 0.258 e. The van der Waals surface area contributed by atoms with Crippen molar-refractivity contribution in [2.75, 3.05) is 13.2 Å². The fourth-order valence-electron chi connectivity index (χ4n) is 2.33. The number of halogens is 2. The summed E-state index contributed by atoms with van der Waals surface area (Å²) in [7, 11) is 0. The van der Waals surface area contributed by atoms with Crippen LogP contribution < -0.4 is 4.74 Å². The van der Waals surface area contributed by atoms with Crippen molar-refractivity contribution in [3.63, 3.8) is 0 Å². The lowest BCUT2D eigenvalue weighted by Gasteiger charge is -2.20. The lowest BCUT2D eigenvalue weighted by molar-refractivity contribution is 0.0742. The van der Waals surface area contributed by atoms with Gasteiger partial charge < -0.3 is 9.64 Å². The summed E-state index contributed by atoms with van der Waals surface area (Å²) in [5.74, 6) is 0.175. The molecule has 2 aromatic carbocycles. The third-order valence-corrected chi connectivity index (χ3v) is 4.30. The first kappa shape index (κ1) is 14.1. The molecule has 0 N–H and O–H groups in total. The summed E-state index contributed by atoms with van der Waals surface area (Å²) in [5.41, 5.74) is 1.28. The molecule has 0 saturated heterocycles. The van der Waals surface area contributed by atoms with Crippen LogP contribution in [0.5, 0.6) is 5.75 Å². The highest BCUT2D eigenvalue weighted by Gasteiger charge is 2.23. The third kappa shape index (κ3) is 2.78. The van der Waals surface area contributed by atoms with Gasteiger partial charge in [0.25, 0.3) is 5.91 Å². The second-order valence-corrected chi connectivity index (χ2v) is 5.58. The molecule has 0 fully saturated rings. The first-order valence-corrected chi connectivity index (χ1v) is 7.40. The molecular weight excluding hydrogens is 337 g/mol. The fourth-order valence-corrected chi connectivity index (χ4v) is 2.72. The highest BCUT2D eigenvalue weighted by atomic mass is 79.9. The molecule has 3 nitrogen and oxygen atoms in total. The minimum absolute atomic E-state index is 0.0979. The Bertz CT molecular complexity index is 690. The number of amides is 1. The van der Waals surface area contributed by atoms with Crippen LogP contribution in [0.4, 0.5) is 4.39 Å². The van der Waals surface area contributed by atoms with Gasteiger partial charge in [-0.3, -0.25) is 4.79 Å². The number of carbonyl (C=O) groups excluding carboxylic acids is 1. The van der Waals surface area contributed by atoms with E-state index >= 15 is 0 Å². The Labute approximate surface area is 130 Å². The largest absolute Gasteiger partial charge is 0.491 e. The molecule has 2 aromatic rings. The zero-order chi connectivity index (χ0) is 14.8. The van der Waals surface area contributed by atoms with E-state index in [1.807, 2.05) is 12.1 Å². The summed E-state index contributed by atoms with van der Waals surface area (Å²) >= 11 is 3.23. The normalized spacial score (nSPS) is 14.4. The highest BCUT2D eigenvalue weighted by Crippen LogP contribution is 2.26. The number of benzene rings is 2. The Morgan fingerprint density at radius 3 is 2.86 bits per heavy atom. The molecular formula is C16H13BrFNO2. The van der Waals surface area contributed by atoms with Gasteiger partial charge in [0.2, 0.25) is 0 Å².